The van der Waals surface area contributed by atoms with E-state index in [4.69, 9.17) is 10.5 Å². The summed E-state index contributed by atoms with van der Waals surface area (Å²) in [4.78, 5) is 45.3. The number of hydrogen-bond donors (Lipinski definition) is 4. The van der Waals surface area contributed by atoms with Gasteiger partial charge in [0.15, 0.2) is 0 Å². The van der Waals surface area contributed by atoms with Crippen LogP contribution in [0.25, 0.3) is 22.2 Å². The molecule has 3 heterocycles. The number of nitrogens with one attached hydrogen (secondary N) is 2. The van der Waals surface area contributed by atoms with E-state index in [0.29, 0.717) is 5.56 Å². The first-order valence-corrected chi connectivity index (χ1v) is 13.8. The third kappa shape index (κ3) is 6.08. The summed E-state index contributed by atoms with van der Waals surface area (Å²) in [5.74, 6) is -5.45. The van der Waals surface area contributed by atoms with Gasteiger partial charge in [0.1, 0.15) is 29.3 Å². The van der Waals surface area contributed by atoms with Crippen LogP contribution in [0.1, 0.15) is 34.1 Å². The van der Waals surface area contributed by atoms with Crippen LogP contribution in [0.4, 0.5) is 36.4 Å². The molecule has 0 aliphatic carbocycles. The summed E-state index contributed by atoms with van der Waals surface area (Å²) < 4.78 is 103. The first kappa shape index (κ1) is 34.0. The number of benzene rings is 2. The first-order valence-electron chi connectivity index (χ1n) is 13.8. The highest BCUT2D eigenvalue weighted by Gasteiger charge is 2.57. The number of alkyl halides is 6. The molecule has 0 saturated carbocycles. The highest BCUT2D eigenvalue weighted by molar-refractivity contribution is 6.07. The minimum absolute atomic E-state index is 0.0604. The molecular formula is C31H24F7N5O5. The van der Waals surface area contributed by atoms with Crippen LogP contribution >= 0.6 is 0 Å². The topological polar surface area (TPSA) is 157 Å². The molecule has 2 aromatic carbocycles. The number of anilines is 1. The molecule has 1 aliphatic heterocycles. The number of aryl methyl sites for hydroxylation is 1. The number of carbonyl (C=O) groups is 3. The van der Waals surface area contributed by atoms with Crippen molar-refractivity contribution >= 4 is 34.3 Å². The smallest absolute Gasteiger partial charge is 0.471 e. The van der Waals surface area contributed by atoms with E-state index in [2.05, 4.69) is 9.97 Å². The van der Waals surface area contributed by atoms with E-state index < -0.39 is 70.4 Å². The molecule has 0 saturated heterocycles. The van der Waals surface area contributed by atoms with Crippen molar-refractivity contribution in [1.29, 1.82) is 0 Å². The van der Waals surface area contributed by atoms with Crippen LogP contribution in [0.3, 0.4) is 0 Å². The van der Waals surface area contributed by atoms with Crippen LogP contribution in [0.2, 0.25) is 0 Å². The molecule has 0 spiro atoms. The molecule has 0 unspecified atom stereocenters. The van der Waals surface area contributed by atoms with Gasteiger partial charge >= 0.3 is 18.3 Å². The van der Waals surface area contributed by atoms with Crippen molar-refractivity contribution in [2.24, 2.45) is 5.73 Å². The number of carbonyl (C=O) groups excluding carboxylic acids is 3. The quantitative estimate of drug-likeness (QED) is 0.209. The second-order valence-corrected chi connectivity index (χ2v) is 11.3. The predicted octanol–water partition coefficient (Wildman–Crippen LogP) is 4.56. The summed E-state index contributed by atoms with van der Waals surface area (Å²) in [5, 5.41) is 14.8. The molecule has 5 N–H and O–H groups in total. The fourth-order valence-electron chi connectivity index (χ4n) is 5.03. The average Bonchev–Trinajstić information content (AvgIpc) is 3.36. The zero-order chi connectivity index (χ0) is 35.4. The summed E-state index contributed by atoms with van der Waals surface area (Å²) in [7, 11) is 0. The highest BCUT2D eigenvalue weighted by atomic mass is 19.4. The number of primary amides is 1. The van der Waals surface area contributed by atoms with E-state index in [9.17, 15) is 50.2 Å². The molecule has 17 heteroatoms. The Morgan fingerprint density at radius 3 is 2.31 bits per heavy atom. The number of rotatable bonds is 7. The van der Waals surface area contributed by atoms with E-state index >= 15 is 0 Å². The van der Waals surface area contributed by atoms with Gasteiger partial charge in [-0.3, -0.25) is 19.4 Å². The van der Waals surface area contributed by atoms with Gasteiger partial charge in [0, 0.05) is 28.3 Å². The number of aromatic nitrogens is 2. The molecule has 252 valence electrons. The zero-order valence-corrected chi connectivity index (χ0v) is 24.8. The Hall–Kier alpha value is -5.32. The van der Waals surface area contributed by atoms with Gasteiger partial charge in [-0.25, -0.2) is 9.37 Å². The lowest BCUT2D eigenvalue weighted by molar-refractivity contribution is -0.265. The number of hydrogen-bond acceptors (Lipinski definition) is 7. The summed E-state index contributed by atoms with van der Waals surface area (Å²) in [6.45, 7) is 0.919. The van der Waals surface area contributed by atoms with E-state index in [-0.39, 0.29) is 40.1 Å². The number of nitrogens with two attached hydrogens (primary N) is 1. The second-order valence-electron chi connectivity index (χ2n) is 11.3. The molecule has 48 heavy (non-hydrogen) atoms. The fourth-order valence-corrected chi connectivity index (χ4v) is 5.03. The minimum Gasteiger partial charge on any atom is -0.489 e. The lowest BCUT2D eigenvalue weighted by Gasteiger charge is -2.31. The van der Waals surface area contributed by atoms with Crippen LogP contribution < -0.4 is 21.1 Å². The molecule has 2 atom stereocenters. The Balaban J connectivity index is 1.58. The van der Waals surface area contributed by atoms with Crippen molar-refractivity contribution in [3.8, 4) is 17.0 Å². The highest BCUT2D eigenvalue weighted by Crippen LogP contribution is 2.47. The first-order chi connectivity index (χ1) is 22.2. The Kier molecular flexibility index (Phi) is 8.32. The molecule has 2 aromatic heterocycles. The SMILES string of the molecule is Cc1cnc2c(NC(=O)C(F)(F)F)cc(C(=O)NC[C@@](O)(c3cc4c(c(-c5ccc(F)cc5)n3)OC[C@]4(C)C(N)=O)C(F)(F)F)cc2c1. The average molecular weight is 680 g/mol. The normalized spacial score (nSPS) is 17.3. The van der Waals surface area contributed by atoms with Gasteiger partial charge in [-0.1, -0.05) is 0 Å². The van der Waals surface area contributed by atoms with Crippen molar-refractivity contribution in [3.05, 3.63) is 82.9 Å². The number of fused-ring (bicyclic) bond motifs is 2. The molecule has 0 fully saturated rings. The minimum atomic E-state index is -5.53. The van der Waals surface area contributed by atoms with Crippen molar-refractivity contribution in [2.45, 2.75) is 37.2 Å². The van der Waals surface area contributed by atoms with Crippen LogP contribution in [-0.4, -0.2) is 58.3 Å². The van der Waals surface area contributed by atoms with E-state index in [1.807, 2.05) is 5.32 Å². The largest absolute Gasteiger partial charge is 0.489 e. The summed E-state index contributed by atoms with van der Waals surface area (Å²) in [6.07, 6.45) is -9.56. The van der Waals surface area contributed by atoms with Crippen molar-refractivity contribution in [1.82, 2.24) is 15.3 Å². The maximum atomic E-state index is 14.7. The Morgan fingerprint density at radius 1 is 1.04 bits per heavy atom. The van der Waals surface area contributed by atoms with Gasteiger partial charge in [-0.2, -0.15) is 26.3 Å². The Labute approximate surface area is 266 Å². The number of nitrogens with zero attached hydrogens (tertiary/aromatic N) is 2. The van der Waals surface area contributed by atoms with Gasteiger partial charge in [-0.05, 0) is 67.9 Å². The van der Waals surface area contributed by atoms with E-state index in [1.54, 1.807) is 12.2 Å². The lowest BCUT2D eigenvalue weighted by Crippen LogP contribution is -2.51. The summed E-state index contributed by atoms with van der Waals surface area (Å²) >= 11 is 0. The molecule has 0 radical (unpaired) electrons. The maximum Gasteiger partial charge on any atom is 0.471 e. The van der Waals surface area contributed by atoms with E-state index in [0.717, 1.165) is 30.3 Å². The molecule has 1 aliphatic rings. The summed E-state index contributed by atoms with van der Waals surface area (Å²) in [5.41, 5.74) is -2.20. The van der Waals surface area contributed by atoms with Crippen molar-refractivity contribution in [2.75, 3.05) is 18.5 Å². The van der Waals surface area contributed by atoms with Crippen LogP contribution in [0.15, 0.2) is 54.7 Å². The van der Waals surface area contributed by atoms with Crippen molar-refractivity contribution < 1.29 is 55.0 Å². The molecule has 5 rings (SSSR count). The van der Waals surface area contributed by atoms with Gasteiger partial charge in [0.2, 0.25) is 11.5 Å². The number of ether oxygens (including phenoxy) is 1. The monoisotopic (exact) mass is 679 g/mol. The summed E-state index contributed by atoms with van der Waals surface area (Å²) in [6, 6.07) is 8.46. The molecule has 0 bridgehead atoms. The maximum absolute atomic E-state index is 14.7. The van der Waals surface area contributed by atoms with Gasteiger partial charge in [0.05, 0.1) is 23.4 Å². The number of amides is 3. The third-order valence-corrected chi connectivity index (χ3v) is 7.82. The Morgan fingerprint density at radius 2 is 1.71 bits per heavy atom. The number of halogens is 7. The molecule has 4 aromatic rings. The lowest BCUT2D eigenvalue weighted by atomic mass is 9.81. The van der Waals surface area contributed by atoms with Crippen LogP contribution in [0, 0.1) is 12.7 Å². The molecular weight excluding hydrogens is 655 g/mol. The molecule has 3 amide bonds. The third-order valence-electron chi connectivity index (χ3n) is 7.82. The predicted molar refractivity (Wildman–Crippen MR) is 155 cm³/mol. The second kappa shape index (κ2) is 11.7. The standard InChI is InChI=1S/C31H24F7N5O5/c1-14-7-16-8-17(9-20(22(16)40-11-14)42-27(46)30(33,34)35)25(44)41-12-29(47,31(36,37)38)21-10-19-24(48-13-28(19,2)26(39)45)23(43-21)15-3-5-18(32)6-4-15/h3-11,47H,12-13H2,1-2H3,(H2,39,45)(H,41,44)(H,42,46)/t28-,29+/m0/s1. The number of pyridine rings is 2. The number of aliphatic hydroxyl groups is 1. The van der Waals surface area contributed by atoms with Crippen molar-refractivity contribution in [3.63, 3.8) is 0 Å². The van der Waals surface area contributed by atoms with Crippen LogP contribution in [-0.2, 0) is 20.6 Å². The molecule has 10 nitrogen and oxygen atoms in total. The zero-order valence-electron chi connectivity index (χ0n) is 24.8. The van der Waals surface area contributed by atoms with Crippen LogP contribution in [0.5, 0.6) is 5.75 Å². The van der Waals surface area contributed by atoms with E-state index in [1.165, 1.54) is 31.3 Å². The fraction of sp³-hybridized carbons (Fsp3) is 0.258. The Bertz CT molecular complexity index is 1970. The van der Waals surface area contributed by atoms with Gasteiger partial charge in [-0.15, -0.1) is 0 Å². The van der Waals surface area contributed by atoms with Gasteiger partial charge < -0.3 is 26.2 Å². The van der Waals surface area contributed by atoms with Gasteiger partial charge in [0.25, 0.3) is 5.91 Å².